The maximum Gasteiger partial charge on any atom is -0.00463 e. The Hall–Kier alpha value is -0.0400. The van der Waals surface area contributed by atoms with Crippen LogP contribution in [-0.2, 0) is 0 Å². The number of hydrogen-bond donors (Lipinski definition) is 1. The Kier molecular flexibility index (Phi) is 7.97. The third kappa shape index (κ3) is 6.22. The Labute approximate surface area is 115 Å². The highest BCUT2D eigenvalue weighted by Gasteiger charge is 2.27. The molecule has 0 aromatic carbocycles. The van der Waals surface area contributed by atoms with Crippen LogP contribution in [0.1, 0.15) is 85.0 Å². The number of unbranched alkanes of at least 4 members (excludes halogenated alkanes) is 3. The summed E-state index contributed by atoms with van der Waals surface area (Å²) >= 11 is 0. The highest BCUT2D eigenvalue weighted by Crippen LogP contribution is 2.39. The van der Waals surface area contributed by atoms with Gasteiger partial charge in [0.25, 0.3) is 0 Å². The molecule has 0 aromatic rings. The van der Waals surface area contributed by atoms with Crippen LogP contribution in [0, 0.1) is 11.3 Å². The number of rotatable bonds is 9. The van der Waals surface area contributed by atoms with E-state index in [9.17, 15) is 0 Å². The minimum atomic E-state index is 0.629. The summed E-state index contributed by atoms with van der Waals surface area (Å²) in [5.41, 5.74) is 0.629. The Morgan fingerprint density at radius 3 is 2.28 bits per heavy atom. The molecule has 1 N–H and O–H groups in total. The molecule has 1 heterocycles. The standard InChI is InChI=1S/C17H35N/c1-4-6-7-8-12-17(3,11-5-2)15-16-9-13-18-14-10-16/h16,18H,4-15H2,1-3H3. The molecule has 0 aromatic heterocycles. The predicted molar refractivity (Wildman–Crippen MR) is 82.0 cm³/mol. The number of nitrogens with one attached hydrogen (secondary N) is 1. The van der Waals surface area contributed by atoms with Crippen LogP contribution < -0.4 is 5.32 Å². The van der Waals surface area contributed by atoms with E-state index in [1.165, 1.54) is 77.3 Å². The van der Waals surface area contributed by atoms with E-state index in [0.717, 1.165) is 5.92 Å². The van der Waals surface area contributed by atoms with E-state index in [1.807, 2.05) is 0 Å². The van der Waals surface area contributed by atoms with Gasteiger partial charge in [-0.3, -0.25) is 0 Å². The first kappa shape index (κ1) is 16.0. The zero-order chi connectivity index (χ0) is 13.3. The van der Waals surface area contributed by atoms with Crippen molar-refractivity contribution in [2.45, 2.75) is 85.0 Å². The summed E-state index contributed by atoms with van der Waals surface area (Å²) in [6.45, 7) is 9.73. The second-order valence-corrected chi connectivity index (χ2v) is 6.77. The second-order valence-electron chi connectivity index (χ2n) is 6.77. The smallest absolute Gasteiger partial charge is 0.00463 e. The zero-order valence-electron chi connectivity index (χ0n) is 13.1. The lowest BCUT2D eigenvalue weighted by Crippen LogP contribution is -2.31. The molecular formula is C17H35N. The summed E-state index contributed by atoms with van der Waals surface area (Å²) in [5, 5.41) is 3.49. The van der Waals surface area contributed by atoms with Crippen molar-refractivity contribution >= 4 is 0 Å². The van der Waals surface area contributed by atoms with Gasteiger partial charge in [-0.15, -0.1) is 0 Å². The van der Waals surface area contributed by atoms with Gasteiger partial charge < -0.3 is 5.32 Å². The van der Waals surface area contributed by atoms with Gasteiger partial charge in [0, 0.05) is 0 Å². The van der Waals surface area contributed by atoms with Gasteiger partial charge in [-0.25, -0.2) is 0 Å². The molecule has 1 aliphatic rings. The van der Waals surface area contributed by atoms with Crippen LogP contribution >= 0.6 is 0 Å². The normalized spacial score (nSPS) is 20.8. The van der Waals surface area contributed by atoms with Crippen molar-refractivity contribution in [3.8, 4) is 0 Å². The van der Waals surface area contributed by atoms with Gasteiger partial charge in [0.1, 0.15) is 0 Å². The molecule has 1 unspecified atom stereocenters. The first-order valence-corrected chi connectivity index (χ1v) is 8.41. The Bertz CT molecular complexity index is 196. The minimum Gasteiger partial charge on any atom is -0.317 e. The van der Waals surface area contributed by atoms with Crippen LogP contribution in [0.2, 0.25) is 0 Å². The topological polar surface area (TPSA) is 12.0 Å². The van der Waals surface area contributed by atoms with E-state index in [0.29, 0.717) is 5.41 Å². The molecular weight excluding hydrogens is 218 g/mol. The van der Waals surface area contributed by atoms with Gasteiger partial charge in [-0.1, -0.05) is 52.9 Å². The minimum absolute atomic E-state index is 0.629. The van der Waals surface area contributed by atoms with Gasteiger partial charge in [0.05, 0.1) is 0 Å². The molecule has 1 heteroatoms. The number of piperidine rings is 1. The Morgan fingerprint density at radius 1 is 0.944 bits per heavy atom. The fraction of sp³-hybridized carbons (Fsp3) is 1.00. The highest BCUT2D eigenvalue weighted by atomic mass is 14.9. The van der Waals surface area contributed by atoms with E-state index in [-0.39, 0.29) is 0 Å². The van der Waals surface area contributed by atoms with Crippen molar-refractivity contribution in [3.63, 3.8) is 0 Å². The van der Waals surface area contributed by atoms with E-state index in [2.05, 4.69) is 26.1 Å². The molecule has 0 spiro atoms. The molecule has 1 saturated heterocycles. The van der Waals surface area contributed by atoms with E-state index in [4.69, 9.17) is 0 Å². The molecule has 0 aliphatic carbocycles. The fourth-order valence-electron chi connectivity index (χ4n) is 3.69. The number of hydrogen-bond acceptors (Lipinski definition) is 1. The molecule has 1 aliphatic heterocycles. The van der Waals surface area contributed by atoms with Gasteiger partial charge in [-0.05, 0) is 56.5 Å². The molecule has 1 atom stereocenters. The SMILES string of the molecule is CCCCCCC(C)(CCC)CC1CCNCC1. The average Bonchev–Trinajstić information content (AvgIpc) is 2.36. The Balaban J connectivity index is 2.34. The molecule has 1 rings (SSSR count). The molecule has 1 fully saturated rings. The zero-order valence-corrected chi connectivity index (χ0v) is 13.1. The summed E-state index contributed by atoms with van der Waals surface area (Å²) in [7, 11) is 0. The van der Waals surface area contributed by atoms with E-state index in [1.54, 1.807) is 0 Å². The van der Waals surface area contributed by atoms with Crippen LogP contribution in [0.15, 0.2) is 0 Å². The Morgan fingerprint density at radius 2 is 1.67 bits per heavy atom. The van der Waals surface area contributed by atoms with Crippen LogP contribution in [0.3, 0.4) is 0 Å². The summed E-state index contributed by atoms with van der Waals surface area (Å²) in [6, 6.07) is 0. The van der Waals surface area contributed by atoms with Gasteiger partial charge in [0.2, 0.25) is 0 Å². The van der Waals surface area contributed by atoms with Crippen molar-refractivity contribution in [2.75, 3.05) is 13.1 Å². The predicted octanol–water partition coefficient (Wildman–Crippen LogP) is 5.15. The van der Waals surface area contributed by atoms with Crippen molar-refractivity contribution in [3.05, 3.63) is 0 Å². The van der Waals surface area contributed by atoms with Crippen LogP contribution in [-0.4, -0.2) is 13.1 Å². The first-order chi connectivity index (χ1) is 8.70. The highest BCUT2D eigenvalue weighted by molar-refractivity contribution is 4.80. The summed E-state index contributed by atoms with van der Waals surface area (Å²) in [6.07, 6.45) is 14.2. The maximum atomic E-state index is 3.49. The monoisotopic (exact) mass is 253 g/mol. The summed E-state index contributed by atoms with van der Waals surface area (Å²) in [5.74, 6) is 0.994. The first-order valence-electron chi connectivity index (χ1n) is 8.41. The molecule has 0 bridgehead atoms. The fourth-order valence-corrected chi connectivity index (χ4v) is 3.69. The molecule has 1 nitrogen and oxygen atoms in total. The summed E-state index contributed by atoms with van der Waals surface area (Å²) in [4.78, 5) is 0. The molecule has 0 saturated carbocycles. The van der Waals surface area contributed by atoms with Crippen LogP contribution in [0.25, 0.3) is 0 Å². The largest absolute Gasteiger partial charge is 0.317 e. The molecule has 108 valence electrons. The van der Waals surface area contributed by atoms with Gasteiger partial charge >= 0.3 is 0 Å². The second kappa shape index (κ2) is 8.96. The van der Waals surface area contributed by atoms with Crippen molar-refractivity contribution < 1.29 is 0 Å². The lowest BCUT2D eigenvalue weighted by atomic mass is 9.72. The van der Waals surface area contributed by atoms with Crippen molar-refractivity contribution in [1.29, 1.82) is 0 Å². The van der Waals surface area contributed by atoms with E-state index < -0.39 is 0 Å². The van der Waals surface area contributed by atoms with Crippen LogP contribution in [0.5, 0.6) is 0 Å². The van der Waals surface area contributed by atoms with Gasteiger partial charge in [0.15, 0.2) is 0 Å². The lowest BCUT2D eigenvalue weighted by molar-refractivity contribution is 0.174. The summed E-state index contributed by atoms with van der Waals surface area (Å²) < 4.78 is 0. The van der Waals surface area contributed by atoms with Crippen molar-refractivity contribution in [1.82, 2.24) is 5.32 Å². The molecule has 0 radical (unpaired) electrons. The lowest BCUT2D eigenvalue weighted by Gasteiger charge is -2.35. The third-order valence-corrected chi connectivity index (χ3v) is 4.73. The molecule has 0 amide bonds. The van der Waals surface area contributed by atoms with Gasteiger partial charge in [-0.2, -0.15) is 0 Å². The van der Waals surface area contributed by atoms with E-state index >= 15 is 0 Å². The maximum absolute atomic E-state index is 3.49. The quantitative estimate of drug-likeness (QED) is 0.560. The van der Waals surface area contributed by atoms with Crippen molar-refractivity contribution in [2.24, 2.45) is 11.3 Å². The third-order valence-electron chi connectivity index (χ3n) is 4.73. The molecule has 18 heavy (non-hydrogen) atoms. The average molecular weight is 253 g/mol. The van der Waals surface area contributed by atoms with Crippen LogP contribution in [0.4, 0.5) is 0 Å².